The van der Waals surface area contributed by atoms with Crippen LogP contribution in [0.25, 0.3) is 0 Å². The molecule has 1 aliphatic rings. The lowest BCUT2D eigenvalue weighted by Crippen LogP contribution is -2.41. The molecule has 0 aromatic heterocycles. The van der Waals surface area contributed by atoms with Crippen molar-refractivity contribution in [2.24, 2.45) is 0 Å². The van der Waals surface area contributed by atoms with Gasteiger partial charge in [-0.15, -0.1) is 0 Å². The number of ether oxygens (including phenoxy) is 2. The molecule has 0 N–H and O–H groups in total. The molecule has 1 rings (SSSR count). The SMILES string of the molecule is CC(C)(C)OC(=O)N1CC(F)C[C@H]1OC=O. The summed E-state index contributed by atoms with van der Waals surface area (Å²) in [5.41, 5.74) is -0.656. The Balaban J connectivity index is 2.63. The fourth-order valence-corrected chi connectivity index (χ4v) is 1.46. The summed E-state index contributed by atoms with van der Waals surface area (Å²) in [7, 11) is 0. The summed E-state index contributed by atoms with van der Waals surface area (Å²) in [5.74, 6) is 0. The van der Waals surface area contributed by atoms with E-state index in [1.165, 1.54) is 0 Å². The van der Waals surface area contributed by atoms with Crippen LogP contribution in [-0.2, 0) is 14.3 Å². The van der Waals surface area contributed by atoms with Gasteiger partial charge in [0, 0.05) is 6.42 Å². The zero-order chi connectivity index (χ0) is 12.3. The van der Waals surface area contributed by atoms with E-state index in [4.69, 9.17) is 4.74 Å². The molecule has 92 valence electrons. The van der Waals surface area contributed by atoms with Crippen molar-refractivity contribution in [1.29, 1.82) is 0 Å². The van der Waals surface area contributed by atoms with Gasteiger partial charge in [0.15, 0.2) is 6.23 Å². The van der Waals surface area contributed by atoms with E-state index in [9.17, 15) is 14.0 Å². The molecule has 0 aliphatic carbocycles. The Morgan fingerprint density at radius 1 is 1.50 bits per heavy atom. The molecule has 1 heterocycles. The van der Waals surface area contributed by atoms with Crippen molar-refractivity contribution in [3.8, 4) is 0 Å². The van der Waals surface area contributed by atoms with Crippen molar-refractivity contribution in [3.63, 3.8) is 0 Å². The number of amides is 1. The van der Waals surface area contributed by atoms with Crippen molar-refractivity contribution in [2.45, 2.75) is 45.2 Å². The molecule has 16 heavy (non-hydrogen) atoms. The van der Waals surface area contributed by atoms with Crippen molar-refractivity contribution >= 4 is 12.6 Å². The molecule has 1 amide bonds. The van der Waals surface area contributed by atoms with Crippen LogP contribution in [0.2, 0.25) is 0 Å². The number of carbonyl (C=O) groups excluding carboxylic acids is 2. The quantitative estimate of drug-likeness (QED) is 0.677. The van der Waals surface area contributed by atoms with Gasteiger partial charge in [-0.05, 0) is 20.8 Å². The van der Waals surface area contributed by atoms with Crippen molar-refractivity contribution < 1.29 is 23.5 Å². The smallest absolute Gasteiger partial charge is 0.413 e. The second-order valence-corrected chi connectivity index (χ2v) is 4.65. The molecule has 0 radical (unpaired) electrons. The zero-order valence-corrected chi connectivity index (χ0v) is 9.60. The molecule has 0 spiro atoms. The van der Waals surface area contributed by atoms with Crippen LogP contribution in [0.15, 0.2) is 0 Å². The molecule has 1 unspecified atom stereocenters. The highest BCUT2D eigenvalue weighted by molar-refractivity contribution is 5.69. The van der Waals surface area contributed by atoms with Crippen LogP contribution in [0.3, 0.4) is 0 Å². The lowest BCUT2D eigenvalue weighted by molar-refractivity contribution is -0.139. The zero-order valence-electron chi connectivity index (χ0n) is 9.60. The number of hydrogen-bond acceptors (Lipinski definition) is 4. The van der Waals surface area contributed by atoms with E-state index < -0.39 is 24.1 Å². The van der Waals surface area contributed by atoms with E-state index in [1.54, 1.807) is 20.8 Å². The Labute approximate surface area is 93.5 Å². The molecule has 1 fully saturated rings. The van der Waals surface area contributed by atoms with Gasteiger partial charge < -0.3 is 9.47 Å². The first-order valence-electron chi connectivity index (χ1n) is 5.06. The van der Waals surface area contributed by atoms with E-state index in [2.05, 4.69) is 4.74 Å². The fraction of sp³-hybridized carbons (Fsp3) is 0.800. The number of hydrogen-bond donors (Lipinski definition) is 0. The number of rotatable bonds is 2. The number of halogens is 1. The van der Waals surface area contributed by atoms with Gasteiger partial charge in [0.25, 0.3) is 6.47 Å². The van der Waals surface area contributed by atoms with Gasteiger partial charge in [-0.1, -0.05) is 0 Å². The van der Waals surface area contributed by atoms with Crippen molar-refractivity contribution in [3.05, 3.63) is 0 Å². The van der Waals surface area contributed by atoms with Gasteiger partial charge in [-0.2, -0.15) is 0 Å². The highest BCUT2D eigenvalue weighted by Gasteiger charge is 2.38. The number of alkyl halides is 1. The Hall–Kier alpha value is -1.33. The number of carbonyl (C=O) groups is 2. The number of nitrogens with zero attached hydrogens (tertiary/aromatic N) is 1. The summed E-state index contributed by atoms with van der Waals surface area (Å²) in [4.78, 5) is 22.9. The minimum atomic E-state index is -1.18. The maximum Gasteiger partial charge on any atom is 0.413 e. The van der Waals surface area contributed by atoms with Gasteiger partial charge in [-0.25, -0.2) is 9.18 Å². The van der Waals surface area contributed by atoms with Crippen LogP contribution < -0.4 is 0 Å². The maximum absolute atomic E-state index is 13.1. The predicted octanol–water partition coefficient (Wildman–Crippen LogP) is 1.46. The summed E-state index contributed by atoms with van der Waals surface area (Å²) in [6.45, 7) is 5.24. The van der Waals surface area contributed by atoms with Gasteiger partial charge in [0.1, 0.15) is 11.8 Å². The lowest BCUT2D eigenvalue weighted by Gasteiger charge is -2.27. The van der Waals surface area contributed by atoms with E-state index in [0.29, 0.717) is 0 Å². The highest BCUT2D eigenvalue weighted by Crippen LogP contribution is 2.23. The molecule has 0 aromatic carbocycles. The lowest BCUT2D eigenvalue weighted by atomic mass is 10.2. The first-order chi connectivity index (χ1) is 7.33. The van der Waals surface area contributed by atoms with E-state index in [1.807, 2.05) is 0 Å². The minimum Gasteiger partial charge on any atom is -0.444 e. The first kappa shape index (κ1) is 12.7. The molecule has 0 saturated carbocycles. The predicted molar refractivity (Wildman–Crippen MR) is 53.4 cm³/mol. The standard InChI is InChI=1S/C10H16FNO4/c1-10(2,3)16-9(14)12-5-7(11)4-8(12)15-6-13/h6-8H,4-5H2,1-3H3/t7?,8-/m1/s1. The molecule has 6 heteroatoms. The normalized spacial score (nSPS) is 25.4. The molecule has 0 aromatic rings. The van der Waals surface area contributed by atoms with Crippen molar-refractivity contribution in [2.75, 3.05) is 6.54 Å². The first-order valence-corrected chi connectivity index (χ1v) is 5.06. The Morgan fingerprint density at radius 3 is 2.62 bits per heavy atom. The van der Waals surface area contributed by atoms with Crippen LogP contribution >= 0.6 is 0 Å². The minimum absolute atomic E-state index is 0.00200. The molecule has 5 nitrogen and oxygen atoms in total. The van der Waals surface area contributed by atoms with E-state index in [-0.39, 0.29) is 19.4 Å². The van der Waals surface area contributed by atoms with E-state index in [0.717, 1.165) is 4.90 Å². The van der Waals surface area contributed by atoms with Gasteiger partial charge in [-0.3, -0.25) is 9.69 Å². The summed E-state index contributed by atoms with van der Waals surface area (Å²) < 4.78 is 22.8. The molecular weight excluding hydrogens is 217 g/mol. The third kappa shape index (κ3) is 3.36. The second-order valence-electron chi connectivity index (χ2n) is 4.65. The Kier molecular flexibility index (Phi) is 3.72. The van der Waals surface area contributed by atoms with Crippen LogP contribution in [0, 0.1) is 0 Å². The van der Waals surface area contributed by atoms with Gasteiger partial charge in [0.05, 0.1) is 6.54 Å². The van der Waals surface area contributed by atoms with E-state index >= 15 is 0 Å². The Morgan fingerprint density at radius 2 is 2.12 bits per heavy atom. The highest BCUT2D eigenvalue weighted by atomic mass is 19.1. The Bertz CT molecular complexity index is 276. The molecule has 0 bridgehead atoms. The summed E-state index contributed by atoms with van der Waals surface area (Å²) in [6.07, 6.45) is -2.71. The van der Waals surface area contributed by atoms with Gasteiger partial charge in [0.2, 0.25) is 0 Å². The molecule has 2 atom stereocenters. The monoisotopic (exact) mass is 233 g/mol. The van der Waals surface area contributed by atoms with Crippen LogP contribution in [0.1, 0.15) is 27.2 Å². The van der Waals surface area contributed by atoms with Crippen LogP contribution in [-0.4, -0.2) is 42.0 Å². The summed E-state index contributed by atoms with van der Waals surface area (Å²) in [6, 6.07) is 0. The largest absolute Gasteiger partial charge is 0.444 e. The topological polar surface area (TPSA) is 55.8 Å². The summed E-state index contributed by atoms with van der Waals surface area (Å²) >= 11 is 0. The van der Waals surface area contributed by atoms with Crippen LogP contribution in [0.5, 0.6) is 0 Å². The average Bonchev–Trinajstić information content (AvgIpc) is 2.44. The van der Waals surface area contributed by atoms with Crippen LogP contribution in [0.4, 0.5) is 9.18 Å². The number of likely N-dealkylation sites (tertiary alicyclic amines) is 1. The fourth-order valence-electron chi connectivity index (χ4n) is 1.46. The third-order valence-corrected chi connectivity index (χ3v) is 2.04. The van der Waals surface area contributed by atoms with Crippen molar-refractivity contribution in [1.82, 2.24) is 4.90 Å². The molecule has 1 aliphatic heterocycles. The van der Waals surface area contributed by atoms with Gasteiger partial charge >= 0.3 is 6.09 Å². The summed E-state index contributed by atoms with van der Waals surface area (Å²) in [5, 5.41) is 0. The maximum atomic E-state index is 13.1. The molecule has 1 saturated heterocycles. The average molecular weight is 233 g/mol. The second kappa shape index (κ2) is 4.67. The molecular formula is C10H16FNO4. The third-order valence-electron chi connectivity index (χ3n) is 2.04.